The molecule has 5 heteroatoms. The van der Waals surface area contributed by atoms with E-state index in [0.717, 1.165) is 28.8 Å². The van der Waals surface area contributed by atoms with Gasteiger partial charge in [-0.1, -0.05) is 30.3 Å². The van der Waals surface area contributed by atoms with E-state index in [2.05, 4.69) is 0 Å². The summed E-state index contributed by atoms with van der Waals surface area (Å²) < 4.78 is 43.6. The maximum atomic E-state index is 12.8. The Labute approximate surface area is 120 Å². The minimum atomic E-state index is -4.36. The largest absolute Gasteiger partial charge is 0.416 e. The number of fused-ring (bicyclic) bond motifs is 1. The molecule has 2 aromatic rings. The maximum absolute atomic E-state index is 12.8. The third-order valence-electron chi connectivity index (χ3n) is 3.68. The Morgan fingerprint density at radius 3 is 2.43 bits per heavy atom. The molecule has 1 atom stereocenters. The third-order valence-corrected chi connectivity index (χ3v) is 3.68. The highest BCUT2D eigenvalue weighted by atomic mass is 19.4. The van der Waals surface area contributed by atoms with Gasteiger partial charge in [-0.05, 0) is 34.4 Å². The van der Waals surface area contributed by atoms with Crippen molar-refractivity contribution >= 4 is 0 Å². The lowest BCUT2D eigenvalue weighted by molar-refractivity contribution is -0.137. The molecule has 2 aromatic carbocycles. The fraction of sp³-hybridized carbons (Fsp3) is 0.250. The predicted molar refractivity (Wildman–Crippen MR) is 72.4 cm³/mol. The van der Waals surface area contributed by atoms with Crippen LogP contribution in [-0.2, 0) is 24.1 Å². The zero-order valence-electron chi connectivity index (χ0n) is 11.2. The van der Waals surface area contributed by atoms with Gasteiger partial charge < -0.3 is 10.5 Å². The molecule has 0 aliphatic carbocycles. The molecule has 1 aliphatic heterocycles. The van der Waals surface area contributed by atoms with Crippen LogP contribution < -0.4 is 5.73 Å². The van der Waals surface area contributed by atoms with Crippen LogP contribution in [0.3, 0.4) is 0 Å². The van der Waals surface area contributed by atoms with Gasteiger partial charge in [-0.15, -0.1) is 0 Å². The number of hydrogen-bond donors (Lipinski definition) is 1. The first-order valence-electron chi connectivity index (χ1n) is 6.57. The Bertz CT molecular complexity index is 667. The van der Waals surface area contributed by atoms with Crippen molar-refractivity contribution in [2.45, 2.75) is 25.4 Å². The minimum Gasteiger partial charge on any atom is -0.372 e. The summed E-state index contributed by atoms with van der Waals surface area (Å²) in [5, 5.41) is 0. The van der Waals surface area contributed by atoms with Crippen LogP contribution in [0, 0.1) is 0 Å². The van der Waals surface area contributed by atoms with E-state index in [1.54, 1.807) is 6.07 Å². The Hall–Kier alpha value is -1.85. The summed E-state index contributed by atoms with van der Waals surface area (Å²) in [6.07, 6.45) is -4.36. The highest BCUT2D eigenvalue weighted by Crippen LogP contribution is 2.32. The molecule has 2 nitrogen and oxygen atoms in total. The summed E-state index contributed by atoms with van der Waals surface area (Å²) in [4.78, 5) is 0. The molecule has 0 radical (unpaired) electrons. The fourth-order valence-electron chi connectivity index (χ4n) is 2.49. The molecule has 3 rings (SSSR count). The van der Waals surface area contributed by atoms with E-state index in [-0.39, 0.29) is 0 Å². The highest BCUT2D eigenvalue weighted by molar-refractivity contribution is 5.39. The minimum absolute atomic E-state index is 0.448. The molecule has 0 spiro atoms. The van der Waals surface area contributed by atoms with Crippen molar-refractivity contribution in [1.82, 2.24) is 0 Å². The van der Waals surface area contributed by atoms with Gasteiger partial charge >= 0.3 is 6.18 Å². The average Bonchev–Trinajstić information content (AvgIpc) is 2.93. The first-order chi connectivity index (χ1) is 9.95. The van der Waals surface area contributed by atoms with Crippen molar-refractivity contribution in [1.29, 1.82) is 0 Å². The van der Waals surface area contributed by atoms with Crippen LogP contribution in [0.1, 0.15) is 33.9 Å². The number of benzene rings is 2. The van der Waals surface area contributed by atoms with E-state index < -0.39 is 17.8 Å². The summed E-state index contributed by atoms with van der Waals surface area (Å²) in [6, 6.07) is 10.2. The normalized spacial score (nSPS) is 15.8. The fourth-order valence-corrected chi connectivity index (χ4v) is 2.49. The first-order valence-corrected chi connectivity index (χ1v) is 6.57. The number of rotatable bonds is 2. The molecule has 0 saturated carbocycles. The molecular weight excluding hydrogens is 279 g/mol. The molecule has 0 saturated heterocycles. The van der Waals surface area contributed by atoms with E-state index in [4.69, 9.17) is 10.5 Å². The van der Waals surface area contributed by atoms with Crippen molar-refractivity contribution in [2.75, 3.05) is 0 Å². The molecule has 1 unspecified atom stereocenters. The Kier molecular flexibility index (Phi) is 3.47. The monoisotopic (exact) mass is 293 g/mol. The molecule has 0 amide bonds. The molecule has 110 valence electrons. The molecule has 0 fully saturated rings. The number of ether oxygens (including phenoxy) is 1. The molecule has 2 N–H and O–H groups in total. The Morgan fingerprint density at radius 2 is 1.67 bits per heavy atom. The Morgan fingerprint density at radius 1 is 0.952 bits per heavy atom. The molecule has 1 heterocycles. The number of halogens is 3. The van der Waals surface area contributed by atoms with Gasteiger partial charge in [0.25, 0.3) is 0 Å². The van der Waals surface area contributed by atoms with Gasteiger partial charge in [0.1, 0.15) is 0 Å². The van der Waals surface area contributed by atoms with Gasteiger partial charge in [-0.2, -0.15) is 13.2 Å². The molecule has 1 aliphatic rings. The van der Waals surface area contributed by atoms with Crippen LogP contribution in [0.2, 0.25) is 0 Å². The summed E-state index contributed by atoms with van der Waals surface area (Å²) in [5.41, 5.74) is 8.83. The van der Waals surface area contributed by atoms with Crippen molar-refractivity contribution in [2.24, 2.45) is 5.73 Å². The summed E-state index contributed by atoms with van der Waals surface area (Å²) in [6.45, 7) is 1.10. The number of alkyl halides is 3. The maximum Gasteiger partial charge on any atom is 0.416 e. The molecule has 21 heavy (non-hydrogen) atoms. The quantitative estimate of drug-likeness (QED) is 0.914. The SMILES string of the molecule is NC(c1cccc(C(F)(F)F)c1)c1ccc2c(c1)COC2. The van der Waals surface area contributed by atoms with Crippen LogP contribution in [0.4, 0.5) is 13.2 Å². The van der Waals surface area contributed by atoms with Crippen molar-refractivity contribution in [3.05, 3.63) is 70.3 Å². The van der Waals surface area contributed by atoms with Gasteiger partial charge in [0.05, 0.1) is 24.8 Å². The van der Waals surface area contributed by atoms with Gasteiger partial charge in [0, 0.05) is 0 Å². The molecule has 0 aromatic heterocycles. The zero-order valence-corrected chi connectivity index (χ0v) is 11.2. The molecular formula is C16H14F3NO. The van der Waals surface area contributed by atoms with Crippen LogP contribution in [0.5, 0.6) is 0 Å². The number of hydrogen-bond acceptors (Lipinski definition) is 2. The van der Waals surface area contributed by atoms with Gasteiger partial charge in [0.2, 0.25) is 0 Å². The standard InChI is InChI=1S/C16H14F3NO/c17-16(18,19)14-3-1-2-10(7-14)15(20)11-4-5-12-8-21-9-13(12)6-11/h1-7,15H,8-9,20H2. The van der Waals surface area contributed by atoms with E-state index in [0.29, 0.717) is 18.8 Å². The highest BCUT2D eigenvalue weighted by Gasteiger charge is 2.30. The van der Waals surface area contributed by atoms with Gasteiger partial charge in [-0.25, -0.2) is 0 Å². The summed E-state index contributed by atoms with van der Waals surface area (Å²) >= 11 is 0. The lowest BCUT2D eigenvalue weighted by Crippen LogP contribution is -2.14. The zero-order chi connectivity index (χ0) is 15.0. The third kappa shape index (κ3) is 2.80. The summed E-state index contributed by atoms with van der Waals surface area (Å²) in [7, 11) is 0. The van der Waals surface area contributed by atoms with E-state index in [1.807, 2.05) is 18.2 Å². The van der Waals surface area contributed by atoms with Crippen LogP contribution in [0.25, 0.3) is 0 Å². The predicted octanol–water partition coefficient (Wildman–Crippen LogP) is 3.78. The lowest BCUT2D eigenvalue weighted by atomic mass is 9.95. The topological polar surface area (TPSA) is 35.2 Å². The molecule has 0 bridgehead atoms. The van der Waals surface area contributed by atoms with Crippen LogP contribution in [0.15, 0.2) is 42.5 Å². The van der Waals surface area contributed by atoms with Crippen LogP contribution in [-0.4, -0.2) is 0 Å². The average molecular weight is 293 g/mol. The second-order valence-electron chi connectivity index (χ2n) is 5.12. The smallest absolute Gasteiger partial charge is 0.372 e. The van der Waals surface area contributed by atoms with E-state index in [9.17, 15) is 13.2 Å². The first kappa shape index (κ1) is 14.1. The van der Waals surface area contributed by atoms with E-state index in [1.165, 1.54) is 6.07 Å². The van der Waals surface area contributed by atoms with Crippen molar-refractivity contribution in [3.8, 4) is 0 Å². The van der Waals surface area contributed by atoms with Crippen LogP contribution >= 0.6 is 0 Å². The van der Waals surface area contributed by atoms with Crippen molar-refractivity contribution < 1.29 is 17.9 Å². The summed E-state index contributed by atoms with van der Waals surface area (Å²) in [5.74, 6) is 0. The van der Waals surface area contributed by atoms with Crippen molar-refractivity contribution in [3.63, 3.8) is 0 Å². The Balaban J connectivity index is 1.93. The second kappa shape index (κ2) is 5.16. The van der Waals surface area contributed by atoms with Gasteiger partial charge in [0.15, 0.2) is 0 Å². The van der Waals surface area contributed by atoms with Gasteiger partial charge in [-0.3, -0.25) is 0 Å². The lowest BCUT2D eigenvalue weighted by Gasteiger charge is -2.16. The van der Waals surface area contributed by atoms with E-state index >= 15 is 0 Å². The number of nitrogens with two attached hydrogens (primary N) is 1. The second-order valence-corrected chi connectivity index (χ2v) is 5.12.